The molecule has 0 aliphatic carbocycles. The second-order valence-electron chi connectivity index (χ2n) is 6.98. The molecule has 1 aromatic heterocycles. The van der Waals surface area contributed by atoms with Crippen molar-refractivity contribution in [1.82, 2.24) is 14.3 Å². The van der Waals surface area contributed by atoms with Crippen molar-refractivity contribution in [3.8, 4) is 0 Å². The summed E-state index contributed by atoms with van der Waals surface area (Å²) in [5.74, 6) is 0.296. The molecule has 1 N–H and O–H groups in total. The van der Waals surface area contributed by atoms with E-state index < -0.39 is 22.0 Å². The molecule has 2 aromatic carbocycles. The standard InChI is InChI=1S/C21H25N3O4S/c1-15-9-11-18(12-10-15)29(26,27)23-16(2)21(25)28-14-6-13-24-17(3)22-19-7-4-5-8-20(19)24/h4-5,7-12,16,23H,6,13-14H2,1-3H3. The zero-order chi connectivity index (χ0) is 21.0. The van der Waals surface area contributed by atoms with Gasteiger partial charge in [0.25, 0.3) is 0 Å². The molecule has 0 saturated heterocycles. The molecule has 0 spiro atoms. The summed E-state index contributed by atoms with van der Waals surface area (Å²) in [5, 5.41) is 0. The number of carbonyl (C=O) groups excluding carboxylic acids is 1. The van der Waals surface area contributed by atoms with Crippen molar-refractivity contribution in [1.29, 1.82) is 0 Å². The van der Waals surface area contributed by atoms with Gasteiger partial charge in [-0.2, -0.15) is 4.72 Å². The molecule has 7 nitrogen and oxygen atoms in total. The Morgan fingerprint density at radius 3 is 2.55 bits per heavy atom. The molecule has 0 aliphatic rings. The van der Waals surface area contributed by atoms with Gasteiger partial charge >= 0.3 is 5.97 Å². The summed E-state index contributed by atoms with van der Waals surface area (Å²) in [6.07, 6.45) is 0.602. The lowest BCUT2D eigenvalue weighted by molar-refractivity contribution is -0.145. The van der Waals surface area contributed by atoms with E-state index in [1.807, 2.05) is 38.1 Å². The first-order valence-electron chi connectivity index (χ1n) is 9.45. The summed E-state index contributed by atoms with van der Waals surface area (Å²) in [5.41, 5.74) is 2.92. The first-order chi connectivity index (χ1) is 13.8. The maximum Gasteiger partial charge on any atom is 0.323 e. The molecular formula is C21H25N3O4S. The quantitative estimate of drug-likeness (QED) is 0.451. The maximum atomic E-state index is 12.4. The summed E-state index contributed by atoms with van der Waals surface area (Å²) in [7, 11) is -3.78. The minimum atomic E-state index is -3.78. The molecule has 154 valence electrons. The van der Waals surface area contributed by atoms with Gasteiger partial charge < -0.3 is 9.30 Å². The highest BCUT2D eigenvalue weighted by molar-refractivity contribution is 7.89. The molecule has 0 saturated carbocycles. The fraction of sp³-hybridized carbons (Fsp3) is 0.333. The number of nitrogens with one attached hydrogen (secondary N) is 1. The Morgan fingerprint density at radius 1 is 1.14 bits per heavy atom. The summed E-state index contributed by atoms with van der Waals surface area (Å²) < 4.78 is 34.4. The van der Waals surface area contributed by atoms with Gasteiger partial charge in [0.1, 0.15) is 11.9 Å². The van der Waals surface area contributed by atoms with Crippen LogP contribution < -0.4 is 4.72 Å². The zero-order valence-corrected chi connectivity index (χ0v) is 17.6. The minimum Gasteiger partial charge on any atom is -0.464 e. The van der Waals surface area contributed by atoms with E-state index in [1.165, 1.54) is 19.1 Å². The number of aromatic nitrogens is 2. The number of sulfonamides is 1. The first kappa shape index (κ1) is 21.0. The molecule has 1 unspecified atom stereocenters. The molecule has 0 amide bonds. The van der Waals surface area contributed by atoms with Crippen LogP contribution in [-0.4, -0.2) is 36.6 Å². The van der Waals surface area contributed by atoms with Gasteiger partial charge in [-0.05, 0) is 51.5 Å². The molecular weight excluding hydrogens is 390 g/mol. The predicted octanol–water partition coefficient (Wildman–Crippen LogP) is 2.95. The van der Waals surface area contributed by atoms with Crippen molar-refractivity contribution in [2.75, 3.05) is 6.61 Å². The van der Waals surface area contributed by atoms with Crippen molar-refractivity contribution in [2.24, 2.45) is 0 Å². The van der Waals surface area contributed by atoms with Crippen LogP contribution in [0.3, 0.4) is 0 Å². The number of para-hydroxylation sites is 2. The highest BCUT2D eigenvalue weighted by Gasteiger charge is 2.23. The Kier molecular flexibility index (Phi) is 6.34. The third kappa shape index (κ3) is 5.02. The number of aryl methyl sites for hydroxylation is 3. The Bertz CT molecular complexity index is 1100. The Hall–Kier alpha value is -2.71. The van der Waals surface area contributed by atoms with Crippen molar-refractivity contribution in [3.05, 3.63) is 59.9 Å². The number of hydrogen-bond acceptors (Lipinski definition) is 5. The lowest BCUT2D eigenvalue weighted by Gasteiger charge is -2.14. The fourth-order valence-electron chi connectivity index (χ4n) is 3.06. The normalized spacial score (nSPS) is 12.8. The molecule has 0 fully saturated rings. The van der Waals surface area contributed by atoms with Crippen LogP contribution in [0.2, 0.25) is 0 Å². The summed E-state index contributed by atoms with van der Waals surface area (Å²) >= 11 is 0. The van der Waals surface area contributed by atoms with Gasteiger partial charge in [0.15, 0.2) is 0 Å². The highest BCUT2D eigenvalue weighted by Crippen LogP contribution is 2.16. The van der Waals surface area contributed by atoms with Gasteiger partial charge in [0.05, 0.1) is 22.5 Å². The molecule has 3 aromatic rings. The smallest absolute Gasteiger partial charge is 0.323 e. The average molecular weight is 416 g/mol. The highest BCUT2D eigenvalue weighted by atomic mass is 32.2. The second kappa shape index (κ2) is 8.75. The van der Waals surface area contributed by atoms with Crippen LogP contribution in [0.4, 0.5) is 0 Å². The number of ether oxygens (including phenoxy) is 1. The summed E-state index contributed by atoms with van der Waals surface area (Å²) in [4.78, 5) is 16.8. The molecule has 0 radical (unpaired) electrons. The van der Waals surface area contributed by atoms with Crippen LogP contribution in [0.5, 0.6) is 0 Å². The molecule has 8 heteroatoms. The lowest BCUT2D eigenvalue weighted by Crippen LogP contribution is -2.39. The third-order valence-corrected chi connectivity index (χ3v) is 6.19. The van der Waals surface area contributed by atoms with Gasteiger partial charge in [0.2, 0.25) is 10.0 Å². The van der Waals surface area contributed by atoms with E-state index in [4.69, 9.17) is 4.74 Å². The van der Waals surface area contributed by atoms with Crippen LogP contribution in [-0.2, 0) is 26.1 Å². The van der Waals surface area contributed by atoms with Crippen LogP contribution >= 0.6 is 0 Å². The van der Waals surface area contributed by atoms with E-state index >= 15 is 0 Å². The molecule has 1 heterocycles. The van der Waals surface area contributed by atoms with Crippen molar-refractivity contribution < 1.29 is 17.9 Å². The number of nitrogens with zero attached hydrogens (tertiary/aromatic N) is 2. The van der Waals surface area contributed by atoms with E-state index in [0.717, 1.165) is 22.4 Å². The second-order valence-corrected chi connectivity index (χ2v) is 8.69. The number of hydrogen-bond donors (Lipinski definition) is 1. The Balaban J connectivity index is 1.51. The Labute approximate surface area is 170 Å². The van der Waals surface area contributed by atoms with E-state index in [0.29, 0.717) is 13.0 Å². The number of esters is 1. The van der Waals surface area contributed by atoms with E-state index in [9.17, 15) is 13.2 Å². The van der Waals surface area contributed by atoms with E-state index in [-0.39, 0.29) is 11.5 Å². The van der Waals surface area contributed by atoms with Crippen LogP contribution in [0.1, 0.15) is 24.7 Å². The van der Waals surface area contributed by atoms with Gasteiger partial charge in [0, 0.05) is 6.54 Å². The molecule has 0 aliphatic heterocycles. The monoisotopic (exact) mass is 415 g/mol. The SMILES string of the molecule is Cc1ccc(S(=O)(=O)NC(C)C(=O)OCCCn2c(C)nc3ccccc32)cc1. The van der Waals surface area contributed by atoms with E-state index in [2.05, 4.69) is 14.3 Å². The number of rotatable bonds is 8. The average Bonchev–Trinajstić information content (AvgIpc) is 3.00. The molecule has 0 bridgehead atoms. The topological polar surface area (TPSA) is 90.3 Å². The predicted molar refractivity (Wildman–Crippen MR) is 111 cm³/mol. The number of imidazole rings is 1. The third-order valence-electron chi connectivity index (χ3n) is 4.63. The van der Waals surface area contributed by atoms with Crippen LogP contribution in [0, 0.1) is 13.8 Å². The molecule has 3 rings (SSSR count). The van der Waals surface area contributed by atoms with Gasteiger partial charge in [-0.25, -0.2) is 13.4 Å². The van der Waals surface area contributed by atoms with Crippen molar-refractivity contribution in [2.45, 2.75) is 44.7 Å². The zero-order valence-electron chi connectivity index (χ0n) is 16.8. The Morgan fingerprint density at radius 2 is 1.83 bits per heavy atom. The van der Waals surface area contributed by atoms with Gasteiger partial charge in [-0.3, -0.25) is 4.79 Å². The van der Waals surface area contributed by atoms with Gasteiger partial charge in [-0.15, -0.1) is 0 Å². The first-order valence-corrected chi connectivity index (χ1v) is 10.9. The number of benzene rings is 2. The van der Waals surface area contributed by atoms with Crippen molar-refractivity contribution >= 4 is 27.0 Å². The van der Waals surface area contributed by atoms with E-state index in [1.54, 1.807) is 12.1 Å². The molecule has 29 heavy (non-hydrogen) atoms. The number of carbonyl (C=O) groups is 1. The van der Waals surface area contributed by atoms with Crippen molar-refractivity contribution in [3.63, 3.8) is 0 Å². The largest absolute Gasteiger partial charge is 0.464 e. The maximum absolute atomic E-state index is 12.4. The molecule has 1 atom stereocenters. The minimum absolute atomic E-state index is 0.116. The summed E-state index contributed by atoms with van der Waals surface area (Å²) in [6, 6.07) is 13.3. The van der Waals surface area contributed by atoms with Crippen LogP contribution in [0.25, 0.3) is 11.0 Å². The lowest BCUT2D eigenvalue weighted by atomic mass is 10.2. The number of fused-ring (bicyclic) bond motifs is 1. The fourth-order valence-corrected chi connectivity index (χ4v) is 4.26. The summed E-state index contributed by atoms with van der Waals surface area (Å²) in [6.45, 7) is 6.14. The van der Waals surface area contributed by atoms with Gasteiger partial charge in [-0.1, -0.05) is 29.8 Å². The van der Waals surface area contributed by atoms with Crippen LogP contribution in [0.15, 0.2) is 53.4 Å².